The largest absolute Gasteiger partial charge is 0.466 e. The molecule has 1 N–H and O–H groups in total. The quantitative estimate of drug-likeness (QED) is 0.665. The first kappa shape index (κ1) is 15.4. The summed E-state index contributed by atoms with van der Waals surface area (Å²) in [5, 5.41) is 2.55. The molecule has 6 heteroatoms. The molecule has 1 aromatic rings. The summed E-state index contributed by atoms with van der Waals surface area (Å²) >= 11 is 17.4. The van der Waals surface area contributed by atoms with E-state index in [0.717, 1.165) is 0 Å². The highest BCUT2D eigenvalue weighted by Crippen LogP contribution is 2.31. The highest BCUT2D eigenvalue weighted by molar-refractivity contribution is 6.68. The van der Waals surface area contributed by atoms with Gasteiger partial charge in [0, 0.05) is 6.42 Å². The van der Waals surface area contributed by atoms with Crippen LogP contribution < -0.4 is 10.1 Å². The van der Waals surface area contributed by atoms with E-state index in [9.17, 15) is 4.79 Å². The number of halogens is 3. The second-order valence-electron chi connectivity index (χ2n) is 3.67. The zero-order valence-corrected chi connectivity index (χ0v) is 12.1. The number of amides is 1. The van der Waals surface area contributed by atoms with Crippen molar-refractivity contribution >= 4 is 40.7 Å². The van der Waals surface area contributed by atoms with Crippen LogP contribution in [0.15, 0.2) is 30.3 Å². The summed E-state index contributed by atoms with van der Waals surface area (Å²) in [5.74, 6) is 0.301. The van der Waals surface area contributed by atoms with E-state index in [1.807, 2.05) is 13.0 Å². The van der Waals surface area contributed by atoms with E-state index in [-0.39, 0.29) is 5.91 Å². The van der Waals surface area contributed by atoms with Gasteiger partial charge in [-0.15, -0.1) is 0 Å². The molecule has 0 radical (unpaired) electrons. The minimum absolute atomic E-state index is 0.218. The first-order chi connectivity index (χ1) is 8.43. The van der Waals surface area contributed by atoms with Crippen molar-refractivity contribution in [2.45, 2.75) is 29.8 Å². The van der Waals surface area contributed by atoms with Gasteiger partial charge in [0.2, 0.25) is 15.9 Å². The van der Waals surface area contributed by atoms with Crippen LogP contribution in [0.3, 0.4) is 0 Å². The molecule has 100 valence electrons. The SMILES string of the molecule is CCCC(=O)N[C@H](Oc1ccccc1)C(Cl)(Cl)Cl. The second kappa shape index (κ2) is 7.07. The predicted octanol–water partition coefficient (Wildman–Crippen LogP) is 3.68. The Balaban J connectivity index is 2.71. The van der Waals surface area contributed by atoms with Gasteiger partial charge in [-0.1, -0.05) is 59.9 Å². The fourth-order valence-electron chi connectivity index (χ4n) is 1.26. The Kier molecular flexibility index (Phi) is 6.06. The van der Waals surface area contributed by atoms with E-state index in [0.29, 0.717) is 18.6 Å². The first-order valence-corrected chi connectivity index (χ1v) is 6.64. The number of nitrogens with one attached hydrogen (secondary N) is 1. The maximum absolute atomic E-state index is 11.5. The van der Waals surface area contributed by atoms with Crippen LogP contribution in [0, 0.1) is 0 Å². The summed E-state index contributed by atoms with van der Waals surface area (Å²) in [6, 6.07) is 8.86. The third kappa shape index (κ3) is 5.34. The van der Waals surface area contributed by atoms with E-state index in [2.05, 4.69) is 5.32 Å². The Morgan fingerprint density at radius 3 is 2.44 bits per heavy atom. The molecule has 0 bridgehead atoms. The Hall–Kier alpha value is -0.640. The first-order valence-electron chi connectivity index (χ1n) is 5.51. The standard InChI is InChI=1S/C12H14Cl3NO2/c1-2-6-10(17)16-11(12(13,14)15)18-9-7-4-3-5-8-9/h3-5,7-8,11H,2,6H2,1H3,(H,16,17)/t11-/m1/s1. The van der Waals surface area contributed by atoms with Crippen LogP contribution >= 0.6 is 34.8 Å². The molecule has 0 aliphatic rings. The lowest BCUT2D eigenvalue weighted by Crippen LogP contribution is -2.47. The molecule has 0 aliphatic heterocycles. The van der Waals surface area contributed by atoms with Crippen molar-refractivity contribution in [1.29, 1.82) is 0 Å². The van der Waals surface area contributed by atoms with Crippen molar-refractivity contribution in [2.75, 3.05) is 0 Å². The lowest BCUT2D eigenvalue weighted by Gasteiger charge is -2.26. The molecule has 3 nitrogen and oxygen atoms in total. The average molecular weight is 311 g/mol. The second-order valence-corrected chi connectivity index (χ2v) is 6.04. The van der Waals surface area contributed by atoms with Crippen molar-refractivity contribution < 1.29 is 9.53 Å². The summed E-state index contributed by atoms with van der Waals surface area (Å²) in [4.78, 5) is 11.5. The van der Waals surface area contributed by atoms with Gasteiger partial charge in [0.1, 0.15) is 5.75 Å². The third-order valence-electron chi connectivity index (χ3n) is 2.06. The lowest BCUT2D eigenvalue weighted by atomic mass is 10.3. The van der Waals surface area contributed by atoms with Gasteiger partial charge in [-0.05, 0) is 18.6 Å². The normalized spacial score (nSPS) is 12.9. The van der Waals surface area contributed by atoms with Crippen LogP contribution in [0.25, 0.3) is 0 Å². The number of carbonyl (C=O) groups is 1. The molecule has 0 saturated heterocycles. The zero-order chi connectivity index (χ0) is 13.6. The zero-order valence-electron chi connectivity index (χ0n) is 9.83. The number of para-hydroxylation sites is 1. The Morgan fingerprint density at radius 1 is 1.33 bits per heavy atom. The molecule has 0 spiro atoms. The number of hydrogen-bond acceptors (Lipinski definition) is 2. The summed E-state index contributed by atoms with van der Waals surface area (Å²) in [6.07, 6.45) is 0.0445. The van der Waals surface area contributed by atoms with E-state index >= 15 is 0 Å². The Morgan fingerprint density at radius 2 is 1.94 bits per heavy atom. The fraction of sp³-hybridized carbons (Fsp3) is 0.417. The molecular weight excluding hydrogens is 296 g/mol. The van der Waals surface area contributed by atoms with Gasteiger partial charge in [-0.3, -0.25) is 4.79 Å². The molecule has 1 atom stereocenters. The molecule has 0 saturated carbocycles. The molecule has 0 fully saturated rings. The molecule has 0 unspecified atom stereocenters. The van der Waals surface area contributed by atoms with Crippen molar-refractivity contribution in [3.63, 3.8) is 0 Å². The van der Waals surface area contributed by atoms with Gasteiger partial charge < -0.3 is 10.1 Å². The van der Waals surface area contributed by atoms with Crippen LogP contribution in [-0.4, -0.2) is 15.9 Å². The Labute approximate surface area is 121 Å². The molecule has 0 heterocycles. The van der Waals surface area contributed by atoms with E-state index < -0.39 is 10.0 Å². The smallest absolute Gasteiger partial charge is 0.246 e. The fourth-order valence-corrected chi connectivity index (χ4v) is 1.56. The van der Waals surface area contributed by atoms with E-state index in [1.165, 1.54) is 0 Å². The van der Waals surface area contributed by atoms with Crippen molar-refractivity contribution in [3.05, 3.63) is 30.3 Å². The number of hydrogen-bond donors (Lipinski definition) is 1. The summed E-state index contributed by atoms with van der Waals surface area (Å²) in [7, 11) is 0. The minimum atomic E-state index is -1.74. The topological polar surface area (TPSA) is 38.3 Å². The van der Waals surface area contributed by atoms with Gasteiger partial charge in [0.25, 0.3) is 0 Å². The summed E-state index contributed by atoms with van der Waals surface area (Å²) < 4.78 is 3.73. The monoisotopic (exact) mass is 309 g/mol. The van der Waals surface area contributed by atoms with Gasteiger partial charge in [-0.25, -0.2) is 0 Å². The maximum Gasteiger partial charge on any atom is 0.246 e. The molecule has 1 rings (SSSR count). The molecule has 1 aromatic carbocycles. The molecular formula is C12H14Cl3NO2. The molecule has 0 aromatic heterocycles. The summed E-state index contributed by atoms with van der Waals surface area (Å²) in [5.41, 5.74) is 0. The van der Waals surface area contributed by atoms with Crippen molar-refractivity contribution in [3.8, 4) is 5.75 Å². The lowest BCUT2D eigenvalue weighted by molar-refractivity contribution is -0.123. The number of ether oxygens (including phenoxy) is 1. The Bertz CT molecular complexity index is 379. The van der Waals surface area contributed by atoms with Gasteiger partial charge >= 0.3 is 0 Å². The molecule has 1 amide bonds. The number of rotatable bonds is 5. The van der Waals surface area contributed by atoms with Crippen molar-refractivity contribution in [2.24, 2.45) is 0 Å². The molecule has 0 aliphatic carbocycles. The van der Waals surface area contributed by atoms with E-state index in [1.54, 1.807) is 24.3 Å². The highest BCUT2D eigenvalue weighted by Gasteiger charge is 2.35. The minimum Gasteiger partial charge on any atom is -0.466 e. The number of benzene rings is 1. The summed E-state index contributed by atoms with van der Waals surface area (Å²) in [6.45, 7) is 1.89. The van der Waals surface area contributed by atoms with Gasteiger partial charge in [0.05, 0.1) is 0 Å². The van der Waals surface area contributed by atoms with Gasteiger partial charge in [0.15, 0.2) is 0 Å². The van der Waals surface area contributed by atoms with Gasteiger partial charge in [-0.2, -0.15) is 0 Å². The highest BCUT2D eigenvalue weighted by atomic mass is 35.6. The van der Waals surface area contributed by atoms with Crippen LogP contribution in [-0.2, 0) is 4.79 Å². The number of carbonyl (C=O) groups excluding carboxylic acids is 1. The van der Waals surface area contributed by atoms with Crippen LogP contribution in [0.4, 0.5) is 0 Å². The van der Waals surface area contributed by atoms with E-state index in [4.69, 9.17) is 39.5 Å². The number of alkyl halides is 3. The molecule has 18 heavy (non-hydrogen) atoms. The van der Waals surface area contributed by atoms with Crippen LogP contribution in [0.2, 0.25) is 0 Å². The predicted molar refractivity (Wildman–Crippen MR) is 74.2 cm³/mol. The third-order valence-corrected chi connectivity index (χ3v) is 2.66. The maximum atomic E-state index is 11.5. The van der Waals surface area contributed by atoms with Crippen LogP contribution in [0.5, 0.6) is 5.75 Å². The van der Waals surface area contributed by atoms with Crippen molar-refractivity contribution in [1.82, 2.24) is 5.32 Å². The average Bonchev–Trinajstić information content (AvgIpc) is 2.28. The van der Waals surface area contributed by atoms with Crippen LogP contribution in [0.1, 0.15) is 19.8 Å².